The Morgan fingerprint density at radius 2 is 2.11 bits per heavy atom. The molecule has 7 rings (SSSR count). The fourth-order valence-electron chi connectivity index (χ4n) is 7.67. The first-order valence-corrected chi connectivity index (χ1v) is 10.3. The second kappa shape index (κ2) is 5.00. The Morgan fingerprint density at radius 3 is 2.82 bits per heavy atom. The zero-order valence-electron chi connectivity index (χ0n) is 17.0. The number of likely N-dealkylation sites (N-methyl/N-ethyl adjacent to an activating group) is 1. The number of rotatable bonds is 3. The maximum absolute atomic E-state index is 12.8. The Hall–Kier alpha value is -1.85. The van der Waals surface area contributed by atoms with E-state index in [4.69, 9.17) is 14.2 Å². The van der Waals surface area contributed by atoms with E-state index in [1.165, 1.54) is 11.1 Å². The van der Waals surface area contributed by atoms with Gasteiger partial charge in [-0.2, -0.15) is 0 Å². The fourth-order valence-corrected chi connectivity index (χ4v) is 7.67. The summed E-state index contributed by atoms with van der Waals surface area (Å²) in [5, 5.41) is 0. The monoisotopic (exact) mass is 381 g/mol. The highest BCUT2D eigenvalue weighted by atomic mass is 16.6. The zero-order chi connectivity index (χ0) is 19.5. The van der Waals surface area contributed by atoms with E-state index in [-0.39, 0.29) is 28.6 Å². The van der Waals surface area contributed by atoms with Crippen LogP contribution in [0.3, 0.4) is 0 Å². The molecule has 1 saturated carbocycles. The molecule has 0 radical (unpaired) electrons. The van der Waals surface area contributed by atoms with Gasteiger partial charge in [-0.3, -0.25) is 4.79 Å². The minimum absolute atomic E-state index is 0.105. The summed E-state index contributed by atoms with van der Waals surface area (Å²) in [7, 11) is 5.67. The molecule has 1 aromatic carbocycles. The Labute approximate surface area is 165 Å². The molecule has 1 saturated heterocycles. The molecule has 148 valence electrons. The lowest BCUT2D eigenvalue weighted by molar-refractivity contribution is -0.212. The van der Waals surface area contributed by atoms with Gasteiger partial charge in [0.05, 0.1) is 18.4 Å². The maximum atomic E-state index is 12.8. The van der Waals surface area contributed by atoms with Crippen LogP contribution >= 0.6 is 0 Å². The zero-order valence-corrected chi connectivity index (χ0v) is 17.0. The molecule has 28 heavy (non-hydrogen) atoms. The molecule has 6 aliphatic rings. The normalized spacial score (nSPS) is 44.2. The van der Waals surface area contributed by atoms with Gasteiger partial charge in [0.2, 0.25) is 0 Å². The standard InChI is InChI=1S/C23H27NO4/c1-13(25)15-12-21-7-8-23(15,27-4)20-22(21)9-10-24(2)17(21)11-14-5-6-16(26-3)19(28-20)18(14)22/h5-8,15,17,20H,9-12H2,1-4H3/t15-,17-,20-,21-,22+,23+/m1/s1. The van der Waals surface area contributed by atoms with Gasteiger partial charge in [0.1, 0.15) is 17.5 Å². The van der Waals surface area contributed by atoms with Gasteiger partial charge in [-0.15, -0.1) is 0 Å². The molecule has 4 bridgehead atoms. The van der Waals surface area contributed by atoms with Crippen molar-refractivity contribution in [2.75, 3.05) is 27.8 Å². The quantitative estimate of drug-likeness (QED) is 0.753. The topological polar surface area (TPSA) is 48.0 Å². The van der Waals surface area contributed by atoms with E-state index >= 15 is 0 Å². The number of ether oxygens (including phenoxy) is 3. The van der Waals surface area contributed by atoms with Crippen molar-refractivity contribution in [2.45, 2.75) is 49.3 Å². The van der Waals surface area contributed by atoms with Gasteiger partial charge in [-0.1, -0.05) is 18.2 Å². The predicted octanol–water partition coefficient (Wildman–Crippen LogP) is 2.50. The number of hydrogen-bond acceptors (Lipinski definition) is 5. The summed E-state index contributed by atoms with van der Waals surface area (Å²) in [5.74, 6) is 1.68. The third kappa shape index (κ3) is 1.49. The van der Waals surface area contributed by atoms with Crippen LogP contribution < -0.4 is 9.47 Å². The smallest absolute Gasteiger partial charge is 0.166 e. The fraction of sp³-hybridized carbons (Fsp3) is 0.609. The summed E-state index contributed by atoms with van der Waals surface area (Å²) in [5.41, 5.74) is 1.72. The van der Waals surface area contributed by atoms with E-state index in [0.717, 1.165) is 37.3 Å². The number of carbonyl (C=O) groups is 1. The molecular formula is C23H27NO4. The van der Waals surface area contributed by atoms with Crippen molar-refractivity contribution in [1.29, 1.82) is 0 Å². The molecule has 0 aromatic heterocycles. The van der Waals surface area contributed by atoms with Crippen LogP contribution in [-0.4, -0.2) is 56.2 Å². The minimum Gasteiger partial charge on any atom is -0.493 e. The Balaban J connectivity index is 1.72. The van der Waals surface area contributed by atoms with Crippen LogP contribution in [0.25, 0.3) is 0 Å². The van der Waals surface area contributed by atoms with Crippen molar-refractivity contribution in [2.24, 2.45) is 11.3 Å². The Kier molecular flexibility index (Phi) is 3.05. The summed E-state index contributed by atoms with van der Waals surface area (Å²) in [6.45, 7) is 2.74. The first kappa shape index (κ1) is 17.0. The molecule has 6 atom stereocenters. The van der Waals surface area contributed by atoms with Gasteiger partial charge in [0.25, 0.3) is 0 Å². The number of methoxy groups -OCH3 is 2. The number of benzene rings is 1. The van der Waals surface area contributed by atoms with Gasteiger partial charge in [0.15, 0.2) is 11.5 Å². The lowest BCUT2D eigenvalue weighted by Gasteiger charge is -2.70. The molecule has 2 heterocycles. The third-order valence-electron chi connectivity index (χ3n) is 8.77. The summed E-state index contributed by atoms with van der Waals surface area (Å²) in [6, 6.07) is 4.62. The molecular weight excluding hydrogens is 354 g/mol. The van der Waals surface area contributed by atoms with Crippen molar-refractivity contribution in [1.82, 2.24) is 4.90 Å². The van der Waals surface area contributed by atoms with Crippen LogP contribution in [0.1, 0.15) is 30.9 Å². The molecule has 2 aliphatic heterocycles. The number of ketones is 1. The van der Waals surface area contributed by atoms with Gasteiger partial charge >= 0.3 is 0 Å². The van der Waals surface area contributed by atoms with E-state index in [0.29, 0.717) is 6.04 Å². The maximum Gasteiger partial charge on any atom is 0.166 e. The number of likely N-dealkylation sites (tertiary alicyclic amines) is 1. The molecule has 1 aromatic rings. The van der Waals surface area contributed by atoms with E-state index in [1.54, 1.807) is 21.1 Å². The van der Waals surface area contributed by atoms with E-state index < -0.39 is 5.60 Å². The van der Waals surface area contributed by atoms with Crippen molar-refractivity contribution in [3.05, 3.63) is 35.4 Å². The van der Waals surface area contributed by atoms with Gasteiger partial charge < -0.3 is 19.1 Å². The first-order valence-electron chi connectivity index (χ1n) is 10.3. The molecule has 4 aliphatic carbocycles. The Morgan fingerprint density at radius 1 is 1.29 bits per heavy atom. The average molecular weight is 381 g/mol. The predicted molar refractivity (Wildman–Crippen MR) is 104 cm³/mol. The van der Waals surface area contributed by atoms with Crippen LogP contribution in [0.4, 0.5) is 0 Å². The van der Waals surface area contributed by atoms with Crippen LogP contribution in [0.2, 0.25) is 0 Å². The summed E-state index contributed by atoms with van der Waals surface area (Å²) in [4.78, 5) is 15.3. The van der Waals surface area contributed by atoms with Crippen LogP contribution in [0.15, 0.2) is 24.3 Å². The van der Waals surface area contributed by atoms with E-state index in [9.17, 15) is 4.79 Å². The lowest BCUT2D eigenvalue weighted by atomic mass is 9.37. The summed E-state index contributed by atoms with van der Waals surface area (Å²) >= 11 is 0. The third-order valence-corrected chi connectivity index (χ3v) is 8.77. The second-order valence-corrected chi connectivity index (χ2v) is 9.35. The highest BCUT2D eigenvalue weighted by Crippen LogP contribution is 2.74. The van der Waals surface area contributed by atoms with E-state index in [1.807, 2.05) is 6.07 Å². The number of hydrogen-bond donors (Lipinski definition) is 0. The number of carbonyl (C=O) groups excluding carboxylic acids is 1. The van der Waals surface area contributed by atoms with Crippen molar-refractivity contribution in [3.8, 4) is 11.5 Å². The number of fused-ring (bicyclic) bond motifs is 1. The molecule has 0 N–H and O–H groups in total. The molecule has 5 heteroatoms. The van der Waals surface area contributed by atoms with E-state index in [2.05, 4.69) is 30.2 Å². The van der Waals surface area contributed by atoms with Gasteiger partial charge in [0, 0.05) is 24.1 Å². The largest absolute Gasteiger partial charge is 0.493 e. The molecule has 0 amide bonds. The second-order valence-electron chi connectivity index (χ2n) is 9.35. The van der Waals surface area contributed by atoms with Crippen LogP contribution in [-0.2, 0) is 21.4 Å². The highest BCUT2D eigenvalue weighted by Gasteiger charge is 2.79. The average Bonchev–Trinajstić information content (AvgIpc) is 3.07. The minimum atomic E-state index is -0.716. The van der Waals surface area contributed by atoms with Crippen molar-refractivity contribution >= 4 is 5.78 Å². The number of Topliss-reactive ketones (excluding diaryl/α,β-unsaturated/α-hetero) is 1. The molecule has 5 nitrogen and oxygen atoms in total. The van der Waals surface area contributed by atoms with Crippen LogP contribution in [0.5, 0.6) is 11.5 Å². The molecule has 0 unspecified atom stereocenters. The van der Waals surface area contributed by atoms with Crippen LogP contribution in [0, 0.1) is 11.3 Å². The summed E-state index contributed by atoms with van der Waals surface area (Å²) in [6.07, 6.45) is 7.19. The first-order chi connectivity index (χ1) is 13.4. The SMILES string of the molecule is COc1ccc2c3c1O[C@H]1[C@]4(OC)C=C[C@@]5(C[C@@H]4C(C)=O)[C@@H](C2)N(C)CC[C@]315. The highest BCUT2D eigenvalue weighted by molar-refractivity contribution is 5.82. The molecule has 2 spiro atoms. The number of nitrogens with zero attached hydrogens (tertiary/aromatic N) is 1. The lowest BCUT2D eigenvalue weighted by Crippen LogP contribution is -2.79. The van der Waals surface area contributed by atoms with Crippen molar-refractivity contribution in [3.63, 3.8) is 0 Å². The number of piperidine rings is 1. The van der Waals surface area contributed by atoms with Gasteiger partial charge in [-0.25, -0.2) is 0 Å². The molecule has 2 fully saturated rings. The summed E-state index contributed by atoms with van der Waals surface area (Å²) < 4.78 is 18.7. The Bertz CT molecular complexity index is 941. The van der Waals surface area contributed by atoms with Gasteiger partial charge in [-0.05, 0) is 51.4 Å². The van der Waals surface area contributed by atoms with Crippen molar-refractivity contribution < 1.29 is 19.0 Å².